The lowest BCUT2D eigenvalue weighted by molar-refractivity contribution is 0.0889. The van der Waals surface area contributed by atoms with E-state index in [0.29, 0.717) is 24.5 Å². The monoisotopic (exact) mass is 287 g/mol. The first-order chi connectivity index (χ1) is 9.99. The number of nitriles is 1. The topological polar surface area (TPSA) is 85.8 Å². The van der Waals surface area contributed by atoms with Gasteiger partial charge in [0.1, 0.15) is 11.1 Å². The Morgan fingerprint density at radius 3 is 2.71 bits per heavy atom. The number of nitrogens with one attached hydrogen (secondary N) is 2. The van der Waals surface area contributed by atoms with Crippen LogP contribution in [0.3, 0.4) is 0 Å². The number of hydrogen-bond acceptors (Lipinski definition) is 3. The molecule has 5 nitrogen and oxygen atoms in total. The summed E-state index contributed by atoms with van der Waals surface area (Å²) in [4.78, 5) is 27.0. The Kier molecular flexibility index (Phi) is 4.46. The molecule has 2 rings (SSSR count). The van der Waals surface area contributed by atoms with Crippen molar-refractivity contribution < 1.29 is 4.79 Å². The second-order valence-corrected chi connectivity index (χ2v) is 5.89. The van der Waals surface area contributed by atoms with E-state index in [1.54, 1.807) is 6.92 Å². The molecule has 0 atom stereocenters. The number of H-pyrrole nitrogens is 1. The molecule has 0 spiro atoms. The van der Waals surface area contributed by atoms with Gasteiger partial charge in [-0.2, -0.15) is 5.26 Å². The second kappa shape index (κ2) is 6.13. The maximum Gasteiger partial charge on any atom is 0.257 e. The van der Waals surface area contributed by atoms with Crippen molar-refractivity contribution in [2.45, 2.75) is 51.5 Å². The standard InChI is InChI=1S/C16H21N3O2/c1-3-12-4-6-16(10-17,7-5-12)19-15(21)13-9-18-11(2)8-14(13)20/h8-9,12H,3-7H2,1-2H3,(H,18,20)(H,19,21). The summed E-state index contributed by atoms with van der Waals surface area (Å²) in [6, 6.07) is 3.64. The van der Waals surface area contributed by atoms with E-state index in [4.69, 9.17) is 0 Å². The highest BCUT2D eigenvalue weighted by Crippen LogP contribution is 2.33. The van der Waals surface area contributed by atoms with Crippen molar-refractivity contribution in [3.8, 4) is 6.07 Å². The van der Waals surface area contributed by atoms with Crippen LogP contribution in [0, 0.1) is 24.2 Å². The van der Waals surface area contributed by atoms with Gasteiger partial charge in [-0.25, -0.2) is 0 Å². The number of carbonyl (C=O) groups is 1. The second-order valence-electron chi connectivity index (χ2n) is 5.89. The molecule has 112 valence electrons. The van der Waals surface area contributed by atoms with Crippen molar-refractivity contribution in [2.24, 2.45) is 5.92 Å². The third kappa shape index (κ3) is 3.33. The number of rotatable bonds is 3. The van der Waals surface area contributed by atoms with Crippen LogP contribution in [0.15, 0.2) is 17.1 Å². The van der Waals surface area contributed by atoms with E-state index >= 15 is 0 Å². The van der Waals surface area contributed by atoms with Crippen molar-refractivity contribution in [1.29, 1.82) is 5.26 Å². The molecule has 1 amide bonds. The predicted molar refractivity (Wildman–Crippen MR) is 79.9 cm³/mol. The summed E-state index contributed by atoms with van der Waals surface area (Å²) < 4.78 is 0. The lowest BCUT2D eigenvalue weighted by Crippen LogP contribution is -2.50. The summed E-state index contributed by atoms with van der Waals surface area (Å²) in [7, 11) is 0. The first-order valence-corrected chi connectivity index (χ1v) is 7.43. The van der Waals surface area contributed by atoms with Crippen molar-refractivity contribution in [3.05, 3.63) is 33.7 Å². The Morgan fingerprint density at radius 2 is 2.19 bits per heavy atom. The lowest BCUT2D eigenvalue weighted by Gasteiger charge is -2.35. The van der Waals surface area contributed by atoms with Crippen LogP contribution in [0.2, 0.25) is 0 Å². The number of nitrogens with zero attached hydrogens (tertiary/aromatic N) is 1. The normalized spacial score (nSPS) is 25.1. The van der Waals surface area contributed by atoms with Gasteiger partial charge in [-0.05, 0) is 38.5 Å². The predicted octanol–water partition coefficient (Wildman–Crippen LogP) is 2.28. The number of aromatic amines is 1. The Labute approximate surface area is 124 Å². The van der Waals surface area contributed by atoms with Gasteiger partial charge in [0.15, 0.2) is 5.43 Å². The zero-order valence-corrected chi connectivity index (χ0v) is 12.5. The third-order valence-corrected chi connectivity index (χ3v) is 4.40. The molecule has 1 aromatic rings. The highest BCUT2D eigenvalue weighted by Gasteiger charge is 2.36. The first-order valence-electron chi connectivity index (χ1n) is 7.43. The molecule has 1 heterocycles. The number of aromatic nitrogens is 1. The van der Waals surface area contributed by atoms with Gasteiger partial charge in [-0.15, -0.1) is 0 Å². The summed E-state index contributed by atoms with van der Waals surface area (Å²) >= 11 is 0. The van der Waals surface area contributed by atoms with Crippen molar-refractivity contribution >= 4 is 5.91 Å². The van der Waals surface area contributed by atoms with Crippen molar-refractivity contribution in [1.82, 2.24) is 10.3 Å². The molecule has 1 fully saturated rings. The van der Waals surface area contributed by atoms with Gasteiger partial charge >= 0.3 is 0 Å². The van der Waals surface area contributed by atoms with E-state index in [1.807, 2.05) is 0 Å². The Bertz CT molecular complexity index is 619. The van der Waals surface area contributed by atoms with E-state index in [9.17, 15) is 14.9 Å². The highest BCUT2D eigenvalue weighted by atomic mass is 16.2. The molecular formula is C16H21N3O2. The van der Waals surface area contributed by atoms with E-state index in [2.05, 4.69) is 23.3 Å². The van der Waals surface area contributed by atoms with E-state index in [1.165, 1.54) is 12.3 Å². The maximum atomic E-state index is 12.3. The highest BCUT2D eigenvalue weighted by molar-refractivity contribution is 5.94. The average Bonchev–Trinajstić information content (AvgIpc) is 2.47. The van der Waals surface area contributed by atoms with Gasteiger partial charge in [0.05, 0.1) is 6.07 Å². The maximum absolute atomic E-state index is 12.3. The molecule has 5 heteroatoms. The van der Waals surface area contributed by atoms with Crippen LogP contribution in [0.25, 0.3) is 0 Å². The fraction of sp³-hybridized carbons (Fsp3) is 0.562. The lowest BCUT2D eigenvalue weighted by atomic mass is 9.76. The van der Waals surface area contributed by atoms with Crippen LogP contribution in [-0.4, -0.2) is 16.4 Å². The van der Waals surface area contributed by atoms with Gasteiger partial charge in [0, 0.05) is 18.0 Å². The minimum atomic E-state index is -0.833. The minimum absolute atomic E-state index is 0.0628. The molecule has 2 N–H and O–H groups in total. The Hall–Kier alpha value is -2.09. The van der Waals surface area contributed by atoms with Gasteiger partial charge in [0.2, 0.25) is 0 Å². The largest absolute Gasteiger partial charge is 0.364 e. The SMILES string of the molecule is CCC1CCC(C#N)(NC(=O)c2c[nH]c(C)cc2=O)CC1. The molecular weight excluding hydrogens is 266 g/mol. The fourth-order valence-electron chi connectivity index (χ4n) is 2.88. The molecule has 0 bridgehead atoms. The van der Waals surface area contributed by atoms with Crippen LogP contribution < -0.4 is 10.7 Å². The molecule has 1 aromatic heterocycles. The van der Waals surface area contributed by atoms with Crippen LogP contribution in [0.4, 0.5) is 0 Å². The molecule has 0 saturated heterocycles. The summed E-state index contributed by atoms with van der Waals surface area (Å²) in [6.45, 7) is 3.90. The fourth-order valence-corrected chi connectivity index (χ4v) is 2.88. The quantitative estimate of drug-likeness (QED) is 0.894. The van der Waals surface area contributed by atoms with Crippen LogP contribution in [0.1, 0.15) is 55.1 Å². The number of aryl methyl sites for hydroxylation is 1. The molecule has 0 radical (unpaired) electrons. The number of amides is 1. The van der Waals surface area contributed by atoms with E-state index in [0.717, 1.165) is 19.3 Å². The summed E-state index contributed by atoms with van der Waals surface area (Å²) in [5, 5.41) is 12.2. The molecule has 0 unspecified atom stereocenters. The van der Waals surface area contributed by atoms with Gasteiger partial charge in [-0.1, -0.05) is 13.3 Å². The number of carbonyl (C=O) groups excluding carboxylic acids is 1. The van der Waals surface area contributed by atoms with Gasteiger partial charge in [0.25, 0.3) is 5.91 Å². The molecule has 1 aliphatic carbocycles. The Balaban J connectivity index is 2.14. The molecule has 1 saturated carbocycles. The summed E-state index contributed by atoms with van der Waals surface area (Å²) in [5.41, 5.74) is -0.387. The summed E-state index contributed by atoms with van der Waals surface area (Å²) in [5.74, 6) is 0.166. The van der Waals surface area contributed by atoms with Gasteiger partial charge < -0.3 is 10.3 Å². The average molecular weight is 287 g/mol. The van der Waals surface area contributed by atoms with Crippen LogP contribution >= 0.6 is 0 Å². The van der Waals surface area contributed by atoms with Crippen LogP contribution in [-0.2, 0) is 0 Å². The molecule has 0 aromatic carbocycles. The zero-order valence-electron chi connectivity index (χ0n) is 12.5. The van der Waals surface area contributed by atoms with Crippen LogP contribution in [0.5, 0.6) is 0 Å². The Morgan fingerprint density at radius 1 is 1.52 bits per heavy atom. The number of pyridine rings is 1. The number of hydrogen-bond donors (Lipinski definition) is 2. The molecule has 21 heavy (non-hydrogen) atoms. The van der Waals surface area contributed by atoms with E-state index in [-0.39, 0.29) is 11.0 Å². The third-order valence-electron chi connectivity index (χ3n) is 4.40. The van der Waals surface area contributed by atoms with Crippen molar-refractivity contribution in [3.63, 3.8) is 0 Å². The zero-order chi connectivity index (χ0) is 15.5. The first kappa shape index (κ1) is 15.3. The van der Waals surface area contributed by atoms with Gasteiger partial charge in [-0.3, -0.25) is 9.59 Å². The summed E-state index contributed by atoms with van der Waals surface area (Å²) in [6.07, 6.45) is 5.70. The van der Waals surface area contributed by atoms with E-state index < -0.39 is 11.4 Å². The molecule has 1 aliphatic rings. The molecule has 0 aliphatic heterocycles. The minimum Gasteiger partial charge on any atom is -0.364 e. The smallest absolute Gasteiger partial charge is 0.257 e. The van der Waals surface area contributed by atoms with Crippen molar-refractivity contribution in [2.75, 3.05) is 0 Å².